The maximum Gasteiger partial charge on any atom is 0.143 e. The molecule has 0 saturated carbocycles. The summed E-state index contributed by atoms with van der Waals surface area (Å²) in [7, 11) is 0. The molecule has 0 amide bonds. The number of piperazine rings is 1. The minimum atomic E-state index is 0.286. The SMILES string of the molecule is CC.CC(=O)CN1CCN(CN2CCC(C(C)C)CC2)CC1. The number of carbonyl (C=O) groups is 1. The van der Waals surface area contributed by atoms with Gasteiger partial charge in [0.1, 0.15) is 5.78 Å². The Kier molecular flexibility index (Phi) is 9.22. The van der Waals surface area contributed by atoms with Crippen molar-refractivity contribution >= 4 is 5.78 Å². The maximum absolute atomic E-state index is 11.1. The third-order valence-electron chi connectivity index (χ3n) is 4.89. The Morgan fingerprint density at radius 3 is 1.82 bits per heavy atom. The molecule has 0 unspecified atom stereocenters. The van der Waals surface area contributed by atoms with E-state index in [1.807, 2.05) is 13.8 Å². The second-order valence-corrected chi connectivity index (χ2v) is 6.94. The summed E-state index contributed by atoms with van der Waals surface area (Å²) in [6, 6.07) is 0. The maximum atomic E-state index is 11.1. The Bertz CT molecular complexity index is 303. The van der Waals surface area contributed by atoms with Gasteiger partial charge in [-0.3, -0.25) is 19.5 Å². The van der Waals surface area contributed by atoms with E-state index in [0.29, 0.717) is 6.54 Å². The molecule has 0 atom stereocenters. The van der Waals surface area contributed by atoms with Crippen molar-refractivity contribution in [1.29, 1.82) is 0 Å². The van der Waals surface area contributed by atoms with Crippen LogP contribution in [0.2, 0.25) is 0 Å². The number of Topliss-reactive ketones (excluding diaryl/α,β-unsaturated/α-hetero) is 1. The molecule has 2 heterocycles. The topological polar surface area (TPSA) is 26.8 Å². The van der Waals surface area contributed by atoms with E-state index in [2.05, 4.69) is 28.5 Å². The minimum Gasteiger partial charge on any atom is -0.299 e. The van der Waals surface area contributed by atoms with Crippen molar-refractivity contribution in [2.24, 2.45) is 11.8 Å². The standard InChI is InChI=1S/C16H31N3O.C2H6/c1-14(2)16-4-6-18(7-5-16)13-19-10-8-17(9-11-19)12-15(3)20;1-2/h14,16H,4-13H2,1-3H3;1-2H3. The van der Waals surface area contributed by atoms with Gasteiger partial charge in [0.15, 0.2) is 0 Å². The molecule has 130 valence electrons. The van der Waals surface area contributed by atoms with Crippen molar-refractivity contribution in [3.05, 3.63) is 0 Å². The van der Waals surface area contributed by atoms with Crippen LogP contribution in [0.25, 0.3) is 0 Å². The van der Waals surface area contributed by atoms with Crippen molar-refractivity contribution in [1.82, 2.24) is 14.7 Å². The van der Waals surface area contributed by atoms with Gasteiger partial charge in [0.2, 0.25) is 0 Å². The largest absolute Gasteiger partial charge is 0.299 e. The van der Waals surface area contributed by atoms with Gasteiger partial charge in [-0.05, 0) is 44.7 Å². The number of likely N-dealkylation sites (tertiary alicyclic amines) is 1. The fourth-order valence-corrected chi connectivity index (χ4v) is 3.45. The molecule has 4 nitrogen and oxygen atoms in total. The van der Waals surface area contributed by atoms with Crippen molar-refractivity contribution in [2.75, 3.05) is 52.5 Å². The molecular formula is C18H37N3O. The van der Waals surface area contributed by atoms with Crippen LogP contribution < -0.4 is 0 Å². The van der Waals surface area contributed by atoms with Crippen LogP contribution in [0.15, 0.2) is 0 Å². The van der Waals surface area contributed by atoms with Gasteiger partial charge in [0.05, 0.1) is 13.2 Å². The van der Waals surface area contributed by atoms with E-state index >= 15 is 0 Å². The lowest BCUT2D eigenvalue weighted by Gasteiger charge is -2.40. The molecule has 0 aromatic rings. The van der Waals surface area contributed by atoms with Crippen molar-refractivity contribution in [2.45, 2.75) is 47.5 Å². The number of hydrogen-bond donors (Lipinski definition) is 0. The lowest BCUT2D eigenvalue weighted by atomic mass is 9.87. The van der Waals surface area contributed by atoms with Gasteiger partial charge in [0.25, 0.3) is 0 Å². The minimum absolute atomic E-state index is 0.286. The first-order valence-electron chi connectivity index (χ1n) is 9.21. The molecule has 0 bridgehead atoms. The Hall–Kier alpha value is -0.450. The molecule has 0 aromatic heterocycles. The molecule has 2 fully saturated rings. The lowest BCUT2D eigenvalue weighted by Crippen LogP contribution is -2.52. The zero-order chi connectivity index (χ0) is 16.5. The molecule has 2 saturated heterocycles. The quantitative estimate of drug-likeness (QED) is 0.779. The molecule has 0 radical (unpaired) electrons. The summed E-state index contributed by atoms with van der Waals surface area (Å²) < 4.78 is 0. The van der Waals surface area contributed by atoms with Crippen LogP contribution in [-0.4, -0.2) is 73.0 Å². The van der Waals surface area contributed by atoms with E-state index in [4.69, 9.17) is 0 Å². The summed E-state index contributed by atoms with van der Waals surface area (Å²) in [5.74, 6) is 2.06. The summed E-state index contributed by atoms with van der Waals surface area (Å²) >= 11 is 0. The lowest BCUT2D eigenvalue weighted by molar-refractivity contribution is -0.118. The van der Waals surface area contributed by atoms with E-state index in [-0.39, 0.29) is 5.78 Å². The van der Waals surface area contributed by atoms with Gasteiger partial charge in [-0.15, -0.1) is 0 Å². The second-order valence-electron chi connectivity index (χ2n) is 6.94. The summed E-state index contributed by atoms with van der Waals surface area (Å²) in [6.07, 6.45) is 2.73. The van der Waals surface area contributed by atoms with Crippen LogP contribution >= 0.6 is 0 Å². The normalized spacial score (nSPS) is 22.5. The number of nitrogens with zero attached hydrogens (tertiary/aromatic N) is 3. The van der Waals surface area contributed by atoms with Crippen molar-refractivity contribution in [3.63, 3.8) is 0 Å². The van der Waals surface area contributed by atoms with Crippen LogP contribution in [-0.2, 0) is 4.79 Å². The van der Waals surface area contributed by atoms with Crippen molar-refractivity contribution in [3.8, 4) is 0 Å². The third-order valence-corrected chi connectivity index (χ3v) is 4.89. The zero-order valence-corrected chi connectivity index (χ0v) is 15.5. The number of ketones is 1. The molecular weight excluding hydrogens is 274 g/mol. The third kappa shape index (κ3) is 6.76. The predicted molar refractivity (Wildman–Crippen MR) is 94.0 cm³/mol. The highest BCUT2D eigenvalue weighted by atomic mass is 16.1. The molecule has 0 aromatic carbocycles. The first-order chi connectivity index (χ1) is 10.5. The van der Waals surface area contributed by atoms with E-state index in [9.17, 15) is 4.79 Å². The van der Waals surface area contributed by atoms with Crippen LogP contribution in [0, 0.1) is 11.8 Å². The van der Waals surface area contributed by atoms with Gasteiger partial charge < -0.3 is 0 Å². The van der Waals surface area contributed by atoms with Gasteiger partial charge in [-0.1, -0.05) is 27.7 Å². The number of rotatable bonds is 5. The molecule has 2 rings (SSSR count). The van der Waals surface area contributed by atoms with Gasteiger partial charge in [-0.25, -0.2) is 0 Å². The molecule has 0 N–H and O–H groups in total. The molecule has 2 aliphatic heterocycles. The summed E-state index contributed by atoms with van der Waals surface area (Å²) in [5.41, 5.74) is 0. The number of carbonyl (C=O) groups excluding carboxylic acids is 1. The van der Waals surface area contributed by atoms with Crippen LogP contribution in [0.1, 0.15) is 47.5 Å². The summed E-state index contributed by atoms with van der Waals surface area (Å²) in [6.45, 7) is 19.0. The van der Waals surface area contributed by atoms with Crippen molar-refractivity contribution < 1.29 is 4.79 Å². The van der Waals surface area contributed by atoms with Gasteiger partial charge in [0, 0.05) is 26.2 Å². The fourth-order valence-electron chi connectivity index (χ4n) is 3.45. The van der Waals surface area contributed by atoms with Crippen LogP contribution in [0.3, 0.4) is 0 Å². The van der Waals surface area contributed by atoms with E-state index in [1.165, 1.54) is 25.9 Å². The Morgan fingerprint density at radius 1 is 0.909 bits per heavy atom. The van der Waals surface area contributed by atoms with E-state index < -0.39 is 0 Å². The Labute approximate surface area is 137 Å². The highest BCUT2D eigenvalue weighted by Gasteiger charge is 2.24. The molecule has 2 aliphatic rings. The number of hydrogen-bond acceptors (Lipinski definition) is 4. The monoisotopic (exact) mass is 311 g/mol. The second kappa shape index (κ2) is 10.3. The average Bonchev–Trinajstić information content (AvgIpc) is 2.51. The highest BCUT2D eigenvalue weighted by Crippen LogP contribution is 2.24. The Morgan fingerprint density at radius 2 is 1.36 bits per heavy atom. The van der Waals surface area contributed by atoms with Crippen LogP contribution in [0.5, 0.6) is 0 Å². The Balaban J connectivity index is 0.00000116. The smallest absolute Gasteiger partial charge is 0.143 e. The van der Waals surface area contributed by atoms with E-state index in [0.717, 1.165) is 44.7 Å². The summed E-state index contributed by atoms with van der Waals surface area (Å²) in [4.78, 5) is 18.6. The fraction of sp³-hybridized carbons (Fsp3) is 0.944. The molecule has 22 heavy (non-hydrogen) atoms. The summed E-state index contributed by atoms with van der Waals surface area (Å²) in [5, 5.41) is 0. The number of piperidine rings is 1. The molecule has 4 heteroatoms. The zero-order valence-electron chi connectivity index (χ0n) is 15.5. The average molecular weight is 312 g/mol. The predicted octanol–water partition coefficient (Wildman–Crippen LogP) is 2.54. The van der Waals surface area contributed by atoms with E-state index in [1.54, 1.807) is 6.92 Å². The first-order valence-corrected chi connectivity index (χ1v) is 9.21. The molecule has 0 spiro atoms. The highest BCUT2D eigenvalue weighted by molar-refractivity contribution is 5.77. The van der Waals surface area contributed by atoms with Crippen LogP contribution in [0.4, 0.5) is 0 Å². The first kappa shape index (κ1) is 19.6. The van der Waals surface area contributed by atoms with Gasteiger partial charge >= 0.3 is 0 Å². The van der Waals surface area contributed by atoms with Gasteiger partial charge in [-0.2, -0.15) is 0 Å². The molecule has 0 aliphatic carbocycles.